The smallest absolute Gasteiger partial charge is 0.323 e. The average molecular weight is 444 g/mol. The summed E-state index contributed by atoms with van der Waals surface area (Å²) in [6.45, 7) is 2.18. The molecule has 33 heavy (non-hydrogen) atoms. The third-order valence-electron chi connectivity index (χ3n) is 5.08. The second-order valence-electron chi connectivity index (χ2n) is 7.43. The lowest BCUT2D eigenvalue weighted by atomic mass is 10.2. The highest BCUT2D eigenvalue weighted by molar-refractivity contribution is 6.00. The van der Waals surface area contributed by atoms with Crippen LogP contribution in [-0.4, -0.2) is 22.2 Å². The minimum absolute atomic E-state index is 0.119. The molecule has 0 unspecified atom stereocenters. The highest BCUT2D eigenvalue weighted by Gasteiger charge is 2.14. The predicted molar refractivity (Wildman–Crippen MR) is 122 cm³/mol. The summed E-state index contributed by atoms with van der Waals surface area (Å²) in [5, 5.41) is 5.55. The van der Waals surface area contributed by atoms with Crippen LogP contribution in [0.25, 0.3) is 5.65 Å². The Labute approximate surface area is 188 Å². The van der Waals surface area contributed by atoms with E-state index in [1.807, 2.05) is 19.1 Å². The Morgan fingerprint density at radius 3 is 2.70 bits per heavy atom. The molecule has 0 fully saturated rings. The maximum Gasteiger partial charge on any atom is 0.323 e. The van der Waals surface area contributed by atoms with Crippen molar-refractivity contribution < 1.29 is 19.0 Å². The number of ether oxygens (including phenoxy) is 3. The molecule has 1 aliphatic rings. The molecule has 9 heteroatoms. The number of carbonyl (C=O) groups is 1. The maximum atomic E-state index is 12.4. The van der Waals surface area contributed by atoms with Gasteiger partial charge >= 0.3 is 6.03 Å². The Morgan fingerprint density at radius 2 is 1.82 bits per heavy atom. The first kappa shape index (κ1) is 20.4. The van der Waals surface area contributed by atoms with Gasteiger partial charge in [0.25, 0.3) is 5.56 Å². The summed E-state index contributed by atoms with van der Waals surface area (Å²) >= 11 is 0. The van der Waals surface area contributed by atoms with Crippen molar-refractivity contribution in [3.8, 4) is 17.2 Å². The summed E-state index contributed by atoms with van der Waals surface area (Å²) < 4.78 is 18.0. The van der Waals surface area contributed by atoms with Crippen molar-refractivity contribution in [2.45, 2.75) is 13.5 Å². The minimum Gasteiger partial charge on any atom is -0.487 e. The number of amides is 2. The second-order valence-corrected chi connectivity index (χ2v) is 7.43. The van der Waals surface area contributed by atoms with Crippen molar-refractivity contribution in [3.63, 3.8) is 0 Å². The monoisotopic (exact) mass is 444 g/mol. The first-order valence-corrected chi connectivity index (χ1v) is 10.2. The Bertz CT molecular complexity index is 1420. The highest BCUT2D eigenvalue weighted by atomic mass is 16.7. The number of anilines is 2. The van der Waals surface area contributed by atoms with E-state index in [4.69, 9.17) is 14.2 Å². The van der Waals surface area contributed by atoms with Gasteiger partial charge in [-0.2, -0.15) is 0 Å². The zero-order valence-electron chi connectivity index (χ0n) is 17.7. The van der Waals surface area contributed by atoms with Crippen molar-refractivity contribution in [1.82, 2.24) is 9.38 Å². The minimum atomic E-state index is -0.409. The summed E-state index contributed by atoms with van der Waals surface area (Å²) in [5.74, 6) is 1.80. The van der Waals surface area contributed by atoms with Crippen LogP contribution in [0.4, 0.5) is 16.2 Å². The lowest BCUT2D eigenvalue weighted by Crippen LogP contribution is -2.19. The number of hydrogen-bond acceptors (Lipinski definition) is 6. The quantitative estimate of drug-likeness (QED) is 0.483. The van der Waals surface area contributed by atoms with Crippen molar-refractivity contribution in [1.29, 1.82) is 0 Å². The zero-order chi connectivity index (χ0) is 22.8. The predicted octanol–water partition coefficient (Wildman–Crippen LogP) is 3.95. The first-order valence-electron chi connectivity index (χ1n) is 10.2. The Kier molecular flexibility index (Phi) is 5.27. The number of urea groups is 1. The molecule has 2 amide bonds. The van der Waals surface area contributed by atoms with Crippen LogP contribution in [0.1, 0.15) is 11.3 Å². The fourth-order valence-electron chi connectivity index (χ4n) is 3.43. The molecule has 0 radical (unpaired) electrons. The molecule has 4 aromatic rings. The van der Waals surface area contributed by atoms with Gasteiger partial charge in [0.05, 0.1) is 5.69 Å². The summed E-state index contributed by atoms with van der Waals surface area (Å²) in [6, 6.07) is 16.9. The Morgan fingerprint density at radius 1 is 1.03 bits per heavy atom. The van der Waals surface area contributed by atoms with E-state index in [-0.39, 0.29) is 19.0 Å². The third-order valence-corrected chi connectivity index (χ3v) is 5.08. The molecule has 3 heterocycles. The molecule has 0 spiro atoms. The number of hydrogen-bond donors (Lipinski definition) is 2. The van der Waals surface area contributed by atoms with E-state index in [1.165, 1.54) is 10.5 Å². The summed E-state index contributed by atoms with van der Waals surface area (Å²) in [4.78, 5) is 29.2. The number of benzene rings is 2. The summed E-state index contributed by atoms with van der Waals surface area (Å²) in [6.07, 6.45) is 1.67. The fourth-order valence-corrected chi connectivity index (χ4v) is 3.43. The zero-order valence-corrected chi connectivity index (χ0v) is 17.7. The molecule has 2 N–H and O–H groups in total. The van der Waals surface area contributed by atoms with Gasteiger partial charge in [0.2, 0.25) is 6.79 Å². The molecule has 0 bridgehead atoms. The van der Waals surface area contributed by atoms with E-state index in [0.29, 0.717) is 40.0 Å². The van der Waals surface area contributed by atoms with Crippen LogP contribution >= 0.6 is 0 Å². The number of carbonyl (C=O) groups excluding carboxylic acids is 1. The van der Waals surface area contributed by atoms with E-state index in [2.05, 4.69) is 15.6 Å². The first-order chi connectivity index (χ1) is 16.0. The fraction of sp³-hybridized carbons (Fsp3) is 0.125. The second kappa shape index (κ2) is 8.54. The van der Waals surface area contributed by atoms with E-state index in [9.17, 15) is 9.59 Å². The van der Waals surface area contributed by atoms with Crippen LogP contribution in [0.5, 0.6) is 17.2 Å². The molecule has 2 aromatic carbocycles. The van der Waals surface area contributed by atoms with Crippen molar-refractivity contribution in [2.75, 3.05) is 17.4 Å². The molecule has 0 atom stereocenters. The lowest BCUT2D eigenvalue weighted by Gasteiger charge is -2.13. The van der Waals surface area contributed by atoms with Crippen molar-refractivity contribution in [2.24, 2.45) is 0 Å². The van der Waals surface area contributed by atoms with Gasteiger partial charge in [0, 0.05) is 35.8 Å². The van der Waals surface area contributed by atoms with Crippen LogP contribution in [0, 0.1) is 6.92 Å². The van der Waals surface area contributed by atoms with Crippen LogP contribution in [0.2, 0.25) is 0 Å². The van der Waals surface area contributed by atoms with E-state index in [1.54, 1.807) is 48.7 Å². The highest BCUT2D eigenvalue weighted by Crippen LogP contribution is 2.34. The largest absolute Gasteiger partial charge is 0.487 e. The van der Waals surface area contributed by atoms with Gasteiger partial charge in [-0.1, -0.05) is 12.1 Å². The summed E-state index contributed by atoms with van der Waals surface area (Å²) in [5.41, 5.74) is 2.91. The molecule has 0 saturated heterocycles. The molecule has 9 nitrogen and oxygen atoms in total. The van der Waals surface area contributed by atoms with Crippen LogP contribution in [0.15, 0.2) is 71.7 Å². The number of rotatable bonds is 5. The normalized spacial score (nSPS) is 11.9. The van der Waals surface area contributed by atoms with Gasteiger partial charge in [-0.3, -0.25) is 9.20 Å². The number of nitrogens with one attached hydrogen (secondary N) is 2. The lowest BCUT2D eigenvalue weighted by molar-refractivity contribution is 0.174. The molecule has 1 aliphatic heterocycles. The topological polar surface area (TPSA) is 103 Å². The van der Waals surface area contributed by atoms with E-state index >= 15 is 0 Å². The number of pyridine rings is 1. The van der Waals surface area contributed by atoms with Gasteiger partial charge in [0.15, 0.2) is 11.5 Å². The van der Waals surface area contributed by atoms with Gasteiger partial charge < -0.3 is 24.8 Å². The average Bonchev–Trinajstić information content (AvgIpc) is 3.27. The Hall–Kier alpha value is -4.53. The van der Waals surface area contributed by atoms with Crippen LogP contribution in [0.3, 0.4) is 0 Å². The molecule has 166 valence electrons. The van der Waals surface area contributed by atoms with Gasteiger partial charge in [-0.05, 0) is 42.8 Å². The molecule has 2 aromatic heterocycles. The summed E-state index contributed by atoms with van der Waals surface area (Å²) in [7, 11) is 0. The third kappa shape index (κ3) is 4.42. The van der Waals surface area contributed by atoms with Gasteiger partial charge in [-0.15, -0.1) is 0 Å². The number of aromatic nitrogens is 2. The molecular weight excluding hydrogens is 424 g/mol. The van der Waals surface area contributed by atoms with E-state index < -0.39 is 6.03 Å². The van der Waals surface area contributed by atoms with Crippen molar-refractivity contribution >= 4 is 23.1 Å². The molecule has 0 saturated carbocycles. The molecular formula is C24H20N4O5. The van der Waals surface area contributed by atoms with Gasteiger partial charge in [-0.25, -0.2) is 9.78 Å². The number of fused-ring (bicyclic) bond motifs is 2. The van der Waals surface area contributed by atoms with E-state index in [0.717, 1.165) is 5.56 Å². The molecule has 5 rings (SSSR count). The SMILES string of the molecule is Cc1ccc(NC(=O)Nc2ccc3c(c2)OCO3)cc1OCc1cc(=O)n2ccccc2n1. The maximum absolute atomic E-state index is 12.4. The van der Waals surface area contributed by atoms with Gasteiger partial charge in [0.1, 0.15) is 18.0 Å². The standard InChI is InChI=1S/C24H20N4O5/c1-15-5-6-16(26-24(30)27-17-7-8-19-21(11-17)33-14-32-19)10-20(15)31-13-18-12-23(29)28-9-3-2-4-22(28)25-18/h2-12H,13-14H2,1H3,(H2,26,27,30). The van der Waals surface area contributed by atoms with Crippen molar-refractivity contribution in [3.05, 3.63) is 88.5 Å². The molecule has 0 aliphatic carbocycles. The Balaban J connectivity index is 1.26. The van der Waals surface area contributed by atoms with Crippen LogP contribution in [-0.2, 0) is 6.61 Å². The number of nitrogens with zero attached hydrogens (tertiary/aromatic N) is 2. The van der Waals surface area contributed by atoms with Crippen LogP contribution < -0.4 is 30.4 Å². The number of aryl methyl sites for hydroxylation is 1.